The summed E-state index contributed by atoms with van der Waals surface area (Å²) >= 11 is 6.21. The second-order valence-electron chi connectivity index (χ2n) is 8.65. The fraction of sp³-hybridized carbons (Fsp3) is 0.296. The van der Waals surface area contributed by atoms with Crippen LogP contribution in [-0.4, -0.2) is 46.0 Å². The number of nitrogens with zero attached hydrogens (tertiary/aromatic N) is 2. The number of piperidine rings is 1. The molecule has 1 fully saturated rings. The Kier molecular flexibility index (Phi) is 7.98. The van der Waals surface area contributed by atoms with Crippen molar-refractivity contribution in [2.45, 2.75) is 24.2 Å². The maximum Gasteiger partial charge on any atom is 0.264 e. The molecule has 0 aromatic heterocycles. The predicted molar refractivity (Wildman–Crippen MR) is 138 cm³/mol. The highest BCUT2D eigenvalue weighted by molar-refractivity contribution is 7.92. The lowest BCUT2D eigenvalue weighted by Crippen LogP contribution is -2.46. The van der Waals surface area contributed by atoms with Crippen LogP contribution in [0.2, 0.25) is 5.02 Å². The molecule has 184 valence electrons. The van der Waals surface area contributed by atoms with E-state index in [1.807, 2.05) is 18.2 Å². The maximum atomic E-state index is 13.6. The second kappa shape index (κ2) is 11.1. The van der Waals surface area contributed by atoms with Crippen molar-refractivity contribution in [1.82, 2.24) is 4.90 Å². The first-order chi connectivity index (χ1) is 16.9. The largest absolute Gasteiger partial charge is 0.495 e. The molecule has 0 N–H and O–H groups in total. The highest BCUT2D eigenvalue weighted by atomic mass is 35.5. The number of rotatable bonds is 8. The number of hydrogen-bond acceptors (Lipinski definition) is 4. The van der Waals surface area contributed by atoms with Crippen LogP contribution in [0.15, 0.2) is 83.8 Å². The summed E-state index contributed by atoms with van der Waals surface area (Å²) in [4.78, 5) is 15.2. The molecule has 1 saturated heterocycles. The first-order valence-corrected chi connectivity index (χ1v) is 13.4. The average Bonchev–Trinajstić information content (AvgIpc) is 2.88. The summed E-state index contributed by atoms with van der Waals surface area (Å²) in [7, 11) is -2.58. The highest BCUT2D eigenvalue weighted by Gasteiger charge is 2.32. The van der Waals surface area contributed by atoms with Crippen LogP contribution in [0.3, 0.4) is 0 Å². The smallest absolute Gasteiger partial charge is 0.264 e. The highest BCUT2D eigenvalue weighted by Crippen LogP contribution is 2.35. The third-order valence-corrected chi connectivity index (χ3v) is 8.36. The van der Waals surface area contributed by atoms with Gasteiger partial charge in [0.25, 0.3) is 10.0 Å². The minimum atomic E-state index is -4.04. The Labute approximate surface area is 212 Å². The van der Waals surface area contributed by atoms with Gasteiger partial charge in [-0.25, -0.2) is 8.42 Å². The van der Waals surface area contributed by atoms with Gasteiger partial charge in [0, 0.05) is 18.1 Å². The van der Waals surface area contributed by atoms with E-state index in [-0.39, 0.29) is 23.0 Å². The lowest BCUT2D eigenvalue weighted by atomic mass is 9.90. The van der Waals surface area contributed by atoms with Crippen LogP contribution in [0.4, 0.5) is 5.69 Å². The fourth-order valence-electron chi connectivity index (χ4n) is 4.43. The van der Waals surface area contributed by atoms with Crippen molar-refractivity contribution in [1.29, 1.82) is 0 Å². The predicted octanol–water partition coefficient (Wildman–Crippen LogP) is 5.03. The Balaban J connectivity index is 1.54. The van der Waals surface area contributed by atoms with Gasteiger partial charge in [0.05, 0.1) is 17.7 Å². The van der Waals surface area contributed by atoms with E-state index in [1.165, 1.54) is 30.9 Å². The first-order valence-electron chi connectivity index (χ1n) is 11.6. The first kappa shape index (κ1) is 25.1. The molecule has 0 radical (unpaired) electrons. The number of halogens is 1. The fourth-order valence-corrected chi connectivity index (χ4v) is 6.04. The maximum absolute atomic E-state index is 13.6. The van der Waals surface area contributed by atoms with Gasteiger partial charge < -0.3 is 9.64 Å². The van der Waals surface area contributed by atoms with Gasteiger partial charge in [-0.2, -0.15) is 0 Å². The van der Waals surface area contributed by atoms with Crippen molar-refractivity contribution in [2.24, 2.45) is 5.92 Å². The van der Waals surface area contributed by atoms with Gasteiger partial charge in [-0.05, 0) is 61.1 Å². The van der Waals surface area contributed by atoms with Gasteiger partial charge in [-0.15, -0.1) is 0 Å². The number of benzene rings is 3. The quantitative estimate of drug-likeness (QED) is 0.425. The summed E-state index contributed by atoms with van der Waals surface area (Å²) in [5.41, 5.74) is 1.53. The monoisotopic (exact) mass is 512 g/mol. The van der Waals surface area contributed by atoms with E-state index in [4.69, 9.17) is 16.3 Å². The number of ether oxygens (including phenoxy) is 1. The minimum absolute atomic E-state index is 0.0939. The molecule has 1 aliphatic heterocycles. The van der Waals surface area contributed by atoms with Crippen molar-refractivity contribution in [2.75, 3.05) is 31.0 Å². The van der Waals surface area contributed by atoms with E-state index >= 15 is 0 Å². The molecule has 0 aliphatic carbocycles. The number of hydrogen-bond donors (Lipinski definition) is 0. The Bertz CT molecular complexity index is 1240. The van der Waals surface area contributed by atoms with Gasteiger partial charge in [0.1, 0.15) is 12.3 Å². The minimum Gasteiger partial charge on any atom is -0.495 e. The van der Waals surface area contributed by atoms with Gasteiger partial charge in [0.15, 0.2) is 0 Å². The lowest BCUT2D eigenvalue weighted by Gasteiger charge is -2.34. The van der Waals surface area contributed by atoms with Crippen molar-refractivity contribution in [3.63, 3.8) is 0 Å². The molecule has 0 spiro atoms. The molecule has 3 aromatic rings. The molecular formula is C27H29ClN2O4S. The summed E-state index contributed by atoms with van der Waals surface area (Å²) in [6.07, 6.45) is 2.75. The summed E-state index contributed by atoms with van der Waals surface area (Å²) in [5, 5.41) is 0.350. The van der Waals surface area contributed by atoms with Crippen LogP contribution in [0.1, 0.15) is 18.4 Å². The number of sulfonamides is 1. The van der Waals surface area contributed by atoms with Crippen LogP contribution in [0.25, 0.3) is 0 Å². The number of carbonyl (C=O) groups is 1. The Hall–Kier alpha value is -3.03. The molecule has 1 heterocycles. The number of likely N-dealkylation sites (tertiary alicyclic amines) is 1. The molecule has 1 amide bonds. The molecular weight excluding hydrogens is 484 g/mol. The summed E-state index contributed by atoms with van der Waals surface area (Å²) < 4.78 is 33.8. The van der Waals surface area contributed by atoms with Gasteiger partial charge in [0.2, 0.25) is 5.91 Å². The van der Waals surface area contributed by atoms with Crippen LogP contribution in [-0.2, 0) is 21.2 Å². The Morgan fingerprint density at radius 3 is 2.26 bits per heavy atom. The zero-order chi connectivity index (χ0) is 24.8. The third-order valence-electron chi connectivity index (χ3n) is 6.35. The molecule has 6 nitrogen and oxygen atoms in total. The van der Waals surface area contributed by atoms with Crippen LogP contribution in [0.5, 0.6) is 5.75 Å². The zero-order valence-corrected chi connectivity index (χ0v) is 21.2. The van der Waals surface area contributed by atoms with Crippen molar-refractivity contribution in [3.05, 3.63) is 89.4 Å². The molecule has 4 rings (SSSR count). The van der Waals surface area contributed by atoms with Gasteiger partial charge >= 0.3 is 0 Å². The van der Waals surface area contributed by atoms with Crippen LogP contribution in [0, 0.1) is 5.92 Å². The molecule has 8 heteroatoms. The van der Waals surface area contributed by atoms with Crippen molar-refractivity contribution < 1.29 is 17.9 Å². The van der Waals surface area contributed by atoms with E-state index in [2.05, 4.69) is 12.1 Å². The average molecular weight is 513 g/mol. The number of amides is 1. The summed E-state index contributed by atoms with van der Waals surface area (Å²) in [6, 6.07) is 23.2. The molecule has 3 aromatic carbocycles. The molecule has 0 bridgehead atoms. The summed E-state index contributed by atoms with van der Waals surface area (Å²) in [5.74, 6) is 0.576. The van der Waals surface area contributed by atoms with E-state index in [0.29, 0.717) is 29.8 Å². The van der Waals surface area contributed by atoms with Crippen molar-refractivity contribution >= 4 is 33.2 Å². The van der Waals surface area contributed by atoms with Gasteiger partial charge in [-0.1, -0.05) is 60.1 Å². The Morgan fingerprint density at radius 1 is 1.00 bits per heavy atom. The van der Waals surface area contributed by atoms with E-state index in [1.54, 1.807) is 35.2 Å². The van der Waals surface area contributed by atoms with E-state index in [0.717, 1.165) is 23.6 Å². The zero-order valence-electron chi connectivity index (χ0n) is 19.6. The van der Waals surface area contributed by atoms with E-state index < -0.39 is 10.0 Å². The third kappa shape index (κ3) is 5.97. The number of methoxy groups -OCH3 is 1. The van der Waals surface area contributed by atoms with Crippen molar-refractivity contribution in [3.8, 4) is 5.75 Å². The molecule has 1 aliphatic rings. The SMILES string of the molecule is COc1ccc(Cl)cc1N(CC(=O)N1CCC(Cc2ccccc2)CC1)S(=O)(=O)c1ccccc1. The lowest BCUT2D eigenvalue weighted by molar-refractivity contribution is -0.130. The number of anilines is 1. The molecule has 35 heavy (non-hydrogen) atoms. The Morgan fingerprint density at radius 2 is 1.63 bits per heavy atom. The van der Waals surface area contributed by atoms with Crippen LogP contribution < -0.4 is 9.04 Å². The van der Waals surface area contributed by atoms with Gasteiger partial charge in [-0.3, -0.25) is 9.10 Å². The second-order valence-corrected chi connectivity index (χ2v) is 11.0. The normalized spacial score (nSPS) is 14.5. The molecule has 0 unspecified atom stereocenters. The van der Waals surface area contributed by atoms with Crippen LogP contribution >= 0.6 is 11.6 Å². The molecule has 0 saturated carbocycles. The van der Waals surface area contributed by atoms with E-state index in [9.17, 15) is 13.2 Å². The standard InChI is InChI=1S/C27H29ClN2O4S/c1-34-26-13-12-23(28)19-25(26)30(35(32,33)24-10-6-3-7-11-24)20-27(31)29-16-14-22(15-17-29)18-21-8-4-2-5-9-21/h2-13,19,22H,14-18,20H2,1H3. The summed E-state index contributed by atoms with van der Waals surface area (Å²) in [6.45, 7) is 0.863. The topological polar surface area (TPSA) is 66.9 Å². The molecule has 0 atom stereocenters. The number of carbonyl (C=O) groups excluding carboxylic acids is 1.